The number of pyridine rings is 1. The van der Waals surface area contributed by atoms with E-state index in [0.29, 0.717) is 37.1 Å². The number of ether oxygens (including phenoxy) is 2. The molecule has 2 saturated carbocycles. The lowest BCUT2D eigenvalue weighted by molar-refractivity contribution is -0.143. The van der Waals surface area contributed by atoms with Crippen molar-refractivity contribution in [2.75, 3.05) is 7.05 Å². The second-order valence-corrected chi connectivity index (χ2v) is 9.05. The molecule has 2 aromatic heterocycles. The highest BCUT2D eigenvalue weighted by Crippen LogP contribution is 2.30. The fourth-order valence-electron chi connectivity index (χ4n) is 4.70. The van der Waals surface area contributed by atoms with Crippen LogP contribution in [0.2, 0.25) is 0 Å². The number of aromatic nitrogens is 4. The molecular weight excluding hydrogens is 445 g/mol. The van der Waals surface area contributed by atoms with Crippen LogP contribution in [0, 0.1) is 11.7 Å². The van der Waals surface area contributed by atoms with Crippen molar-refractivity contribution in [2.24, 2.45) is 13.0 Å². The van der Waals surface area contributed by atoms with Crippen molar-refractivity contribution < 1.29 is 28.6 Å². The molecule has 0 aromatic carbocycles. The minimum Gasteiger partial charge on any atom is -0.486 e. The number of aliphatic carboxylic acids is 1. The molecule has 0 spiro atoms. The molecule has 1 N–H and O–H groups in total. The predicted molar refractivity (Wildman–Crippen MR) is 118 cm³/mol. The van der Waals surface area contributed by atoms with Crippen LogP contribution in [0.15, 0.2) is 12.3 Å². The summed E-state index contributed by atoms with van der Waals surface area (Å²) >= 11 is 0. The molecule has 2 aromatic rings. The summed E-state index contributed by atoms with van der Waals surface area (Å²) in [6, 6.07) is 1.39. The van der Waals surface area contributed by atoms with E-state index in [-0.39, 0.29) is 30.2 Å². The minimum atomic E-state index is -0.854. The monoisotopic (exact) mass is 475 g/mol. The van der Waals surface area contributed by atoms with Gasteiger partial charge in [0.2, 0.25) is 0 Å². The van der Waals surface area contributed by atoms with Gasteiger partial charge in [0.05, 0.1) is 23.9 Å². The van der Waals surface area contributed by atoms with Gasteiger partial charge in [0.1, 0.15) is 18.0 Å². The van der Waals surface area contributed by atoms with Crippen LogP contribution in [0.3, 0.4) is 0 Å². The van der Waals surface area contributed by atoms with E-state index in [1.165, 1.54) is 16.9 Å². The first-order valence-corrected chi connectivity index (χ1v) is 11.7. The Morgan fingerprint density at radius 1 is 1.24 bits per heavy atom. The van der Waals surface area contributed by atoms with Gasteiger partial charge in [-0.3, -0.25) is 9.78 Å². The van der Waals surface area contributed by atoms with Gasteiger partial charge < -0.3 is 19.5 Å². The SMILES string of the molecule is CN(C(=O)OCc1c(-c2cc(F)c(O[C@H]3CCC[C@H](C(=O)O)C3)cn2)nnn1C)C1CCCC1. The molecule has 2 aliphatic rings. The maximum atomic E-state index is 14.8. The van der Waals surface area contributed by atoms with Crippen LogP contribution < -0.4 is 4.74 Å². The third-order valence-corrected chi connectivity index (χ3v) is 6.77. The van der Waals surface area contributed by atoms with Crippen LogP contribution in [0.4, 0.5) is 9.18 Å². The van der Waals surface area contributed by atoms with Crippen molar-refractivity contribution in [2.45, 2.75) is 70.1 Å². The van der Waals surface area contributed by atoms with E-state index in [2.05, 4.69) is 15.3 Å². The first-order chi connectivity index (χ1) is 16.3. The second kappa shape index (κ2) is 10.4. The lowest BCUT2D eigenvalue weighted by Crippen LogP contribution is -2.35. The van der Waals surface area contributed by atoms with E-state index in [4.69, 9.17) is 9.47 Å². The number of hydrogen-bond acceptors (Lipinski definition) is 7. The van der Waals surface area contributed by atoms with Gasteiger partial charge in [-0.1, -0.05) is 18.1 Å². The Labute approximate surface area is 197 Å². The zero-order chi connectivity index (χ0) is 24.2. The molecule has 2 heterocycles. The highest BCUT2D eigenvalue weighted by Gasteiger charge is 2.29. The Morgan fingerprint density at radius 2 is 2.00 bits per heavy atom. The van der Waals surface area contributed by atoms with E-state index in [0.717, 1.165) is 25.7 Å². The van der Waals surface area contributed by atoms with Gasteiger partial charge in [-0.2, -0.15) is 0 Å². The van der Waals surface area contributed by atoms with Crippen LogP contribution in [0.5, 0.6) is 5.75 Å². The molecule has 34 heavy (non-hydrogen) atoms. The Morgan fingerprint density at radius 3 is 2.71 bits per heavy atom. The van der Waals surface area contributed by atoms with E-state index in [1.807, 2.05) is 0 Å². The second-order valence-electron chi connectivity index (χ2n) is 9.05. The van der Waals surface area contributed by atoms with Crippen LogP contribution in [-0.2, 0) is 23.2 Å². The van der Waals surface area contributed by atoms with Crippen molar-refractivity contribution >= 4 is 12.1 Å². The Hall–Kier alpha value is -3.24. The summed E-state index contributed by atoms with van der Waals surface area (Å²) in [6.45, 7) is -0.0745. The number of halogens is 1. The molecule has 2 aliphatic carbocycles. The average Bonchev–Trinajstić information content (AvgIpc) is 3.48. The van der Waals surface area contributed by atoms with E-state index in [9.17, 15) is 19.1 Å². The topological polar surface area (TPSA) is 120 Å². The molecule has 0 saturated heterocycles. The summed E-state index contributed by atoms with van der Waals surface area (Å²) in [6.07, 6.45) is 6.95. The third kappa shape index (κ3) is 5.28. The van der Waals surface area contributed by atoms with Crippen molar-refractivity contribution in [1.29, 1.82) is 0 Å². The zero-order valence-corrected chi connectivity index (χ0v) is 19.4. The third-order valence-electron chi connectivity index (χ3n) is 6.77. The van der Waals surface area contributed by atoms with Crippen molar-refractivity contribution in [3.63, 3.8) is 0 Å². The van der Waals surface area contributed by atoms with Crippen LogP contribution in [0.1, 0.15) is 57.1 Å². The zero-order valence-electron chi connectivity index (χ0n) is 19.4. The lowest BCUT2D eigenvalue weighted by Gasteiger charge is -2.27. The van der Waals surface area contributed by atoms with Crippen molar-refractivity contribution in [1.82, 2.24) is 24.9 Å². The van der Waals surface area contributed by atoms with Gasteiger partial charge in [0, 0.05) is 26.2 Å². The predicted octanol–water partition coefficient (Wildman–Crippen LogP) is 3.55. The average molecular weight is 476 g/mol. The number of hydrogen-bond donors (Lipinski definition) is 1. The first-order valence-electron chi connectivity index (χ1n) is 11.7. The molecule has 2 atom stereocenters. The summed E-state index contributed by atoms with van der Waals surface area (Å²) in [5.74, 6) is -1.99. The highest BCUT2D eigenvalue weighted by molar-refractivity contribution is 5.70. The molecular formula is C23H30FN5O5. The Kier molecular flexibility index (Phi) is 7.28. The fourth-order valence-corrected chi connectivity index (χ4v) is 4.70. The maximum absolute atomic E-state index is 14.8. The smallest absolute Gasteiger partial charge is 0.410 e. The lowest BCUT2D eigenvalue weighted by atomic mass is 9.87. The quantitative estimate of drug-likeness (QED) is 0.646. The van der Waals surface area contributed by atoms with Gasteiger partial charge in [-0.05, 0) is 38.5 Å². The van der Waals surface area contributed by atoms with Crippen molar-refractivity contribution in [3.05, 3.63) is 23.8 Å². The molecule has 0 bridgehead atoms. The number of nitrogens with zero attached hydrogens (tertiary/aromatic N) is 5. The van der Waals surface area contributed by atoms with Crippen LogP contribution in [-0.4, -0.2) is 61.2 Å². The highest BCUT2D eigenvalue weighted by atomic mass is 19.1. The van der Waals surface area contributed by atoms with Gasteiger partial charge >= 0.3 is 12.1 Å². The van der Waals surface area contributed by atoms with Gasteiger partial charge in [0.15, 0.2) is 11.6 Å². The van der Waals surface area contributed by atoms with E-state index < -0.39 is 23.8 Å². The molecule has 184 valence electrons. The summed E-state index contributed by atoms with van der Waals surface area (Å²) in [5, 5.41) is 17.3. The van der Waals surface area contributed by atoms with Gasteiger partial charge in [-0.15, -0.1) is 5.10 Å². The molecule has 10 nitrogen and oxygen atoms in total. The molecule has 4 rings (SSSR count). The van der Waals surface area contributed by atoms with Gasteiger partial charge in [-0.25, -0.2) is 13.9 Å². The maximum Gasteiger partial charge on any atom is 0.410 e. The fraction of sp³-hybridized carbons (Fsp3) is 0.609. The Bertz CT molecular complexity index is 1040. The van der Waals surface area contributed by atoms with E-state index in [1.54, 1.807) is 19.0 Å². The summed E-state index contributed by atoms with van der Waals surface area (Å²) in [5.41, 5.74) is 1.04. The van der Waals surface area contributed by atoms with Crippen LogP contribution >= 0.6 is 0 Å². The number of amides is 1. The molecule has 1 amide bonds. The Balaban J connectivity index is 1.43. The molecule has 0 radical (unpaired) electrons. The molecule has 11 heteroatoms. The number of carbonyl (C=O) groups excluding carboxylic acids is 1. The molecule has 2 fully saturated rings. The number of carboxylic acids is 1. The number of carboxylic acid groups (broad SMARTS) is 1. The number of carbonyl (C=O) groups is 2. The normalized spacial score (nSPS) is 20.8. The molecule has 0 aliphatic heterocycles. The summed E-state index contributed by atoms with van der Waals surface area (Å²) in [7, 11) is 3.40. The largest absolute Gasteiger partial charge is 0.486 e. The van der Waals surface area contributed by atoms with Crippen molar-refractivity contribution in [3.8, 4) is 17.1 Å². The van der Waals surface area contributed by atoms with Gasteiger partial charge in [0.25, 0.3) is 0 Å². The standard InChI is InChI=1S/C23H30FN5O5/c1-28(15-7-3-4-8-15)23(32)33-13-19-21(26-27-29(19)2)18-11-17(24)20(12-25-18)34-16-9-5-6-14(10-16)22(30)31/h11-12,14-16H,3-10,13H2,1-2H3,(H,30,31)/t14-,16-/m0/s1. The molecule has 0 unspecified atom stereocenters. The first kappa shape index (κ1) is 23.9. The van der Waals surface area contributed by atoms with E-state index >= 15 is 0 Å². The minimum absolute atomic E-state index is 0.0326. The van der Waals surface area contributed by atoms with Crippen LogP contribution in [0.25, 0.3) is 11.4 Å². The number of aryl methyl sites for hydroxylation is 1. The number of rotatable bonds is 7. The summed E-state index contributed by atoms with van der Waals surface area (Å²) < 4.78 is 27.5. The summed E-state index contributed by atoms with van der Waals surface area (Å²) in [4.78, 5) is 29.6.